The van der Waals surface area contributed by atoms with Crippen molar-refractivity contribution in [1.29, 1.82) is 0 Å². The standard InChI is InChI=1S/C14H19BrN4O/c1-2-9-19-14(20)13(15)12(10-18-19)17-8-5-11-3-6-16-7-4-11/h2-3,10,16-17H,1,4-9H2. The fourth-order valence-electron chi connectivity index (χ4n) is 2.09. The van der Waals surface area contributed by atoms with Gasteiger partial charge < -0.3 is 10.6 Å². The average Bonchev–Trinajstić information content (AvgIpc) is 2.48. The van der Waals surface area contributed by atoms with Gasteiger partial charge in [-0.15, -0.1) is 6.58 Å². The molecule has 0 aliphatic carbocycles. The molecule has 1 aromatic rings. The Morgan fingerprint density at radius 3 is 3.15 bits per heavy atom. The predicted molar refractivity (Wildman–Crippen MR) is 85.1 cm³/mol. The maximum atomic E-state index is 12.0. The van der Waals surface area contributed by atoms with Gasteiger partial charge in [0, 0.05) is 13.1 Å². The van der Waals surface area contributed by atoms with Crippen molar-refractivity contribution in [1.82, 2.24) is 15.1 Å². The van der Waals surface area contributed by atoms with E-state index in [1.54, 1.807) is 12.3 Å². The molecule has 0 fully saturated rings. The molecule has 1 aliphatic rings. The Kier molecular flexibility index (Phi) is 5.55. The van der Waals surface area contributed by atoms with Crippen molar-refractivity contribution in [2.75, 3.05) is 25.0 Å². The second-order valence-corrected chi connectivity index (χ2v) is 5.43. The summed E-state index contributed by atoms with van der Waals surface area (Å²) in [5, 5.41) is 10.7. The molecule has 0 amide bonds. The fraction of sp³-hybridized carbons (Fsp3) is 0.429. The number of allylic oxidation sites excluding steroid dienone is 1. The molecular weight excluding hydrogens is 320 g/mol. The molecule has 0 radical (unpaired) electrons. The third-order valence-electron chi connectivity index (χ3n) is 3.21. The first-order chi connectivity index (χ1) is 9.72. The second kappa shape index (κ2) is 7.40. The zero-order chi connectivity index (χ0) is 14.4. The Morgan fingerprint density at radius 1 is 1.60 bits per heavy atom. The number of halogens is 1. The summed E-state index contributed by atoms with van der Waals surface area (Å²) in [7, 11) is 0. The molecule has 2 N–H and O–H groups in total. The molecule has 0 unspecified atom stereocenters. The molecule has 6 heteroatoms. The quantitative estimate of drug-likeness (QED) is 0.778. The van der Waals surface area contributed by atoms with Gasteiger partial charge in [0.15, 0.2) is 0 Å². The molecule has 2 rings (SSSR count). The molecule has 0 spiro atoms. The molecule has 1 aliphatic heterocycles. The fourth-order valence-corrected chi connectivity index (χ4v) is 2.54. The van der Waals surface area contributed by atoms with Crippen molar-refractivity contribution < 1.29 is 0 Å². The summed E-state index contributed by atoms with van der Waals surface area (Å²) in [4.78, 5) is 12.0. The highest BCUT2D eigenvalue weighted by molar-refractivity contribution is 9.10. The first-order valence-corrected chi connectivity index (χ1v) is 7.50. The largest absolute Gasteiger partial charge is 0.382 e. The Morgan fingerprint density at radius 2 is 2.45 bits per heavy atom. The highest BCUT2D eigenvalue weighted by atomic mass is 79.9. The van der Waals surface area contributed by atoms with Crippen molar-refractivity contribution in [2.45, 2.75) is 19.4 Å². The first kappa shape index (κ1) is 15.0. The highest BCUT2D eigenvalue weighted by Gasteiger charge is 2.08. The molecule has 20 heavy (non-hydrogen) atoms. The summed E-state index contributed by atoms with van der Waals surface area (Å²) < 4.78 is 1.89. The number of hydrogen-bond acceptors (Lipinski definition) is 4. The van der Waals surface area contributed by atoms with Crippen LogP contribution in [-0.4, -0.2) is 29.4 Å². The van der Waals surface area contributed by atoms with Crippen LogP contribution in [-0.2, 0) is 6.54 Å². The number of hydrogen-bond donors (Lipinski definition) is 2. The van der Waals surface area contributed by atoms with Gasteiger partial charge in [-0.25, -0.2) is 4.68 Å². The van der Waals surface area contributed by atoms with Crippen LogP contribution in [0, 0.1) is 0 Å². The maximum Gasteiger partial charge on any atom is 0.283 e. The van der Waals surface area contributed by atoms with Crippen molar-refractivity contribution in [3.05, 3.63) is 45.3 Å². The van der Waals surface area contributed by atoms with Gasteiger partial charge in [0.05, 0.1) is 18.4 Å². The lowest BCUT2D eigenvalue weighted by Gasteiger charge is -2.15. The Hall–Kier alpha value is -1.40. The van der Waals surface area contributed by atoms with Crippen LogP contribution in [0.4, 0.5) is 5.69 Å². The van der Waals surface area contributed by atoms with E-state index in [2.05, 4.69) is 44.3 Å². The third kappa shape index (κ3) is 3.80. The summed E-state index contributed by atoms with van der Waals surface area (Å²) in [5.41, 5.74) is 2.06. The molecule has 0 atom stereocenters. The molecule has 0 saturated carbocycles. The molecular formula is C14H19BrN4O. The molecule has 108 valence electrons. The van der Waals surface area contributed by atoms with E-state index in [-0.39, 0.29) is 5.56 Å². The van der Waals surface area contributed by atoms with Gasteiger partial charge in [0.1, 0.15) is 4.47 Å². The van der Waals surface area contributed by atoms with E-state index in [4.69, 9.17) is 0 Å². The minimum atomic E-state index is -0.143. The molecule has 0 saturated heterocycles. The zero-order valence-electron chi connectivity index (χ0n) is 11.4. The van der Waals surface area contributed by atoms with E-state index < -0.39 is 0 Å². The van der Waals surface area contributed by atoms with Crippen molar-refractivity contribution in [3.63, 3.8) is 0 Å². The maximum absolute atomic E-state index is 12.0. The third-order valence-corrected chi connectivity index (χ3v) is 3.97. The Labute approximate surface area is 126 Å². The molecule has 5 nitrogen and oxygen atoms in total. The average molecular weight is 339 g/mol. The van der Waals surface area contributed by atoms with Crippen molar-refractivity contribution in [3.8, 4) is 0 Å². The van der Waals surface area contributed by atoms with Crippen molar-refractivity contribution in [2.24, 2.45) is 0 Å². The van der Waals surface area contributed by atoms with Crippen LogP contribution >= 0.6 is 15.9 Å². The van der Waals surface area contributed by atoms with Gasteiger partial charge >= 0.3 is 0 Å². The number of nitrogens with zero attached hydrogens (tertiary/aromatic N) is 2. The summed E-state index contributed by atoms with van der Waals surface area (Å²) in [6, 6.07) is 0. The van der Waals surface area contributed by atoms with Gasteiger partial charge in [-0.05, 0) is 35.3 Å². The second-order valence-electron chi connectivity index (χ2n) is 4.64. The van der Waals surface area contributed by atoms with Crippen LogP contribution < -0.4 is 16.2 Å². The molecule has 0 bridgehead atoms. The Bertz CT molecular complexity index is 565. The van der Waals surface area contributed by atoms with Gasteiger partial charge in [-0.2, -0.15) is 5.10 Å². The minimum absolute atomic E-state index is 0.143. The first-order valence-electron chi connectivity index (χ1n) is 6.71. The van der Waals surface area contributed by atoms with Gasteiger partial charge in [-0.1, -0.05) is 17.7 Å². The highest BCUT2D eigenvalue weighted by Crippen LogP contribution is 2.17. The topological polar surface area (TPSA) is 59.0 Å². The van der Waals surface area contributed by atoms with Crippen LogP contribution in [0.1, 0.15) is 12.8 Å². The molecule has 0 aromatic carbocycles. The lowest BCUT2D eigenvalue weighted by atomic mass is 10.1. The van der Waals surface area contributed by atoms with E-state index in [0.717, 1.165) is 38.2 Å². The van der Waals surface area contributed by atoms with E-state index in [9.17, 15) is 4.79 Å². The van der Waals surface area contributed by atoms with E-state index in [1.807, 2.05) is 0 Å². The van der Waals surface area contributed by atoms with E-state index in [1.165, 1.54) is 10.3 Å². The van der Waals surface area contributed by atoms with E-state index >= 15 is 0 Å². The SMILES string of the molecule is C=CCn1ncc(NCCC2=CCNCC2)c(Br)c1=O. The van der Waals surface area contributed by atoms with E-state index in [0.29, 0.717) is 11.0 Å². The molecule has 1 aromatic heterocycles. The molecule has 2 heterocycles. The van der Waals surface area contributed by atoms with Crippen LogP contribution in [0.3, 0.4) is 0 Å². The summed E-state index contributed by atoms with van der Waals surface area (Å²) >= 11 is 3.33. The van der Waals surface area contributed by atoms with Gasteiger partial charge in [-0.3, -0.25) is 4.79 Å². The monoisotopic (exact) mass is 338 g/mol. The Balaban J connectivity index is 1.96. The lowest BCUT2D eigenvalue weighted by Crippen LogP contribution is -2.24. The normalized spacial score (nSPS) is 14.8. The van der Waals surface area contributed by atoms with Crippen LogP contribution in [0.5, 0.6) is 0 Å². The minimum Gasteiger partial charge on any atom is -0.382 e. The summed E-state index contributed by atoms with van der Waals surface area (Å²) in [6.45, 7) is 6.83. The predicted octanol–water partition coefficient (Wildman–Crippen LogP) is 1.91. The number of nitrogens with one attached hydrogen (secondary N) is 2. The number of aromatic nitrogens is 2. The van der Waals surface area contributed by atoms with Crippen LogP contribution in [0.15, 0.2) is 39.8 Å². The smallest absolute Gasteiger partial charge is 0.283 e. The van der Waals surface area contributed by atoms with Crippen LogP contribution in [0.2, 0.25) is 0 Å². The number of anilines is 1. The van der Waals surface area contributed by atoms with Crippen LogP contribution in [0.25, 0.3) is 0 Å². The summed E-state index contributed by atoms with van der Waals surface area (Å²) in [5.74, 6) is 0. The van der Waals surface area contributed by atoms with Gasteiger partial charge in [0.25, 0.3) is 5.56 Å². The summed E-state index contributed by atoms with van der Waals surface area (Å²) in [6.07, 6.45) is 7.65. The zero-order valence-corrected chi connectivity index (χ0v) is 12.9. The van der Waals surface area contributed by atoms with Crippen molar-refractivity contribution >= 4 is 21.6 Å². The lowest BCUT2D eigenvalue weighted by molar-refractivity contribution is 0.648. The number of rotatable bonds is 6. The van der Waals surface area contributed by atoms with Gasteiger partial charge in [0.2, 0.25) is 0 Å².